The molecule has 0 saturated heterocycles. The zero-order valence-corrected chi connectivity index (χ0v) is 23.0. The maximum Gasteiger partial charge on any atom is 0.312 e. The molecule has 36 heavy (non-hydrogen) atoms. The third-order valence-electron chi connectivity index (χ3n) is 12.5. The van der Waals surface area contributed by atoms with Gasteiger partial charge < -0.3 is 15.1 Å². The molecule has 1 unspecified atom stereocenters. The van der Waals surface area contributed by atoms with E-state index in [0.29, 0.717) is 12.1 Å². The summed E-state index contributed by atoms with van der Waals surface area (Å²) >= 11 is 0. The van der Waals surface area contributed by atoms with Crippen LogP contribution in [-0.2, 0) is 14.3 Å². The molecule has 0 aromatic heterocycles. The normalized spacial score (nSPS) is 48.7. The summed E-state index contributed by atoms with van der Waals surface area (Å²) in [5, 5.41) is 23.4. The molecule has 2 N–H and O–H groups in total. The highest BCUT2D eigenvalue weighted by Gasteiger charge is 2.70. The van der Waals surface area contributed by atoms with E-state index < -0.39 is 5.41 Å². The maximum atomic E-state index is 14.3. The van der Waals surface area contributed by atoms with E-state index in [1.807, 2.05) is 6.08 Å². The van der Waals surface area contributed by atoms with Gasteiger partial charge in [0.2, 0.25) is 0 Å². The lowest BCUT2D eigenvalue weighted by molar-refractivity contribution is -0.191. The summed E-state index contributed by atoms with van der Waals surface area (Å²) in [6.45, 7) is 11.5. The van der Waals surface area contributed by atoms with E-state index in [9.17, 15) is 19.9 Å². The summed E-state index contributed by atoms with van der Waals surface area (Å²) in [6.07, 6.45) is 9.58. The van der Waals surface area contributed by atoms with Crippen LogP contribution in [0.25, 0.3) is 0 Å². The zero-order valence-electron chi connectivity index (χ0n) is 23.0. The molecule has 4 fully saturated rings. The molecule has 0 aromatic carbocycles. The van der Waals surface area contributed by atoms with Gasteiger partial charge in [-0.2, -0.15) is 0 Å². The van der Waals surface area contributed by atoms with Crippen LogP contribution in [0.15, 0.2) is 16.8 Å². The van der Waals surface area contributed by atoms with Crippen LogP contribution in [0.1, 0.15) is 92.4 Å². The van der Waals surface area contributed by atoms with Crippen LogP contribution >= 0.6 is 0 Å². The van der Waals surface area contributed by atoms with Gasteiger partial charge in [0.1, 0.15) is 0 Å². The fourth-order valence-electron chi connectivity index (χ4n) is 10.2. The molecular formula is C30H45NO5. The lowest BCUT2D eigenvalue weighted by atomic mass is 9.34. The maximum absolute atomic E-state index is 14.3. The van der Waals surface area contributed by atoms with Crippen molar-refractivity contribution in [3.8, 4) is 0 Å². The number of aliphatic hydroxyl groups is 1. The molecule has 5 aliphatic carbocycles. The number of allylic oxidation sites excluding steroid dienone is 2. The minimum atomic E-state index is -0.563. The van der Waals surface area contributed by atoms with Crippen molar-refractivity contribution in [3.05, 3.63) is 11.6 Å². The molecule has 0 amide bonds. The Morgan fingerprint density at radius 3 is 2.39 bits per heavy atom. The Morgan fingerprint density at radius 1 is 1.06 bits per heavy atom. The summed E-state index contributed by atoms with van der Waals surface area (Å²) in [4.78, 5) is 27.6. The molecule has 0 bridgehead atoms. The van der Waals surface area contributed by atoms with Crippen molar-refractivity contribution < 1.29 is 24.6 Å². The standard InChI is InChI=1S/C30H45NO5/c1-26(2)11-13-30(25(34)36-6)14-12-29(5)24(20(30)16-26)22(33)15-23-27(3)9-8-21(31-35)18(17-32)19(27)7-10-28(23,29)4/h15,18-20,24,32,35H,7-14,16-17H2,1-6H3/t18?,19-,20-,24-,27-,28+,29+,30-/m0/s1. The number of oxime groups is 1. The quantitative estimate of drug-likeness (QED) is 0.295. The lowest BCUT2D eigenvalue weighted by Gasteiger charge is -2.68. The summed E-state index contributed by atoms with van der Waals surface area (Å²) in [7, 11) is 1.50. The van der Waals surface area contributed by atoms with Crippen LogP contribution in [0.2, 0.25) is 0 Å². The highest BCUT2D eigenvalue weighted by Crippen LogP contribution is 2.74. The minimum Gasteiger partial charge on any atom is -0.469 e. The topological polar surface area (TPSA) is 96.2 Å². The Morgan fingerprint density at radius 2 is 1.75 bits per heavy atom. The number of methoxy groups -OCH3 is 1. The van der Waals surface area contributed by atoms with Gasteiger partial charge in [0.05, 0.1) is 24.8 Å². The van der Waals surface area contributed by atoms with E-state index in [4.69, 9.17) is 4.74 Å². The third kappa shape index (κ3) is 3.15. The SMILES string of the molecule is COC(=O)[C@]12CCC(C)(C)C[C@H]1[C@H]1C(=O)C=C3[C@@]4(C)CCC(=NO)C(CO)[C@@H]4CC[C@@]3(C)[C@]1(C)CC2. The highest BCUT2D eigenvalue weighted by molar-refractivity contribution is 5.96. The Labute approximate surface area is 215 Å². The number of ketones is 1. The van der Waals surface area contributed by atoms with Gasteiger partial charge >= 0.3 is 5.97 Å². The predicted molar refractivity (Wildman–Crippen MR) is 137 cm³/mol. The van der Waals surface area contributed by atoms with Crippen molar-refractivity contribution >= 4 is 17.5 Å². The van der Waals surface area contributed by atoms with Crippen molar-refractivity contribution in [1.82, 2.24) is 0 Å². The molecule has 4 saturated carbocycles. The van der Waals surface area contributed by atoms with Crippen LogP contribution in [0.4, 0.5) is 0 Å². The number of fused-ring (bicyclic) bond motifs is 7. The molecule has 6 nitrogen and oxygen atoms in total. The fraction of sp³-hybridized carbons (Fsp3) is 0.833. The van der Waals surface area contributed by atoms with E-state index in [2.05, 4.69) is 39.8 Å². The average Bonchev–Trinajstić information content (AvgIpc) is 2.83. The lowest BCUT2D eigenvalue weighted by Crippen LogP contribution is -2.65. The van der Waals surface area contributed by atoms with Gasteiger partial charge in [-0.25, -0.2) is 0 Å². The highest BCUT2D eigenvalue weighted by atomic mass is 16.5. The van der Waals surface area contributed by atoms with Crippen molar-refractivity contribution in [2.75, 3.05) is 13.7 Å². The molecule has 0 aromatic rings. The number of ether oxygens (including phenoxy) is 1. The van der Waals surface area contributed by atoms with Crippen LogP contribution in [-0.4, -0.2) is 41.5 Å². The molecule has 5 aliphatic rings. The van der Waals surface area contributed by atoms with Crippen LogP contribution in [0.3, 0.4) is 0 Å². The number of nitrogens with zero attached hydrogens (tertiary/aromatic N) is 1. The van der Waals surface area contributed by atoms with Gasteiger partial charge in [0, 0.05) is 11.8 Å². The second kappa shape index (κ2) is 8.15. The summed E-state index contributed by atoms with van der Waals surface area (Å²) in [5.41, 5.74) is 0.846. The molecule has 0 spiro atoms. The van der Waals surface area contributed by atoms with E-state index in [-0.39, 0.29) is 63.7 Å². The first-order valence-electron chi connectivity index (χ1n) is 14.0. The third-order valence-corrected chi connectivity index (χ3v) is 12.5. The number of aliphatic hydroxyl groups excluding tert-OH is 1. The van der Waals surface area contributed by atoms with E-state index >= 15 is 0 Å². The Balaban J connectivity index is 1.63. The first-order chi connectivity index (χ1) is 16.8. The van der Waals surface area contributed by atoms with E-state index in [1.165, 1.54) is 12.7 Å². The minimum absolute atomic E-state index is 0.00947. The average molecular weight is 500 g/mol. The van der Waals surface area contributed by atoms with Gasteiger partial charge in [0.25, 0.3) is 0 Å². The number of rotatable bonds is 2. The molecular weight excluding hydrogens is 454 g/mol. The smallest absolute Gasteiger partial charge is 0.312 e. The summed E-state index contributed by atoms with van der Waals surface area (Å²) in [5.74, 6) is -0.152. The second-order valence-electron chi connectivity index (χ2n) is 14.3. The monoisotopic (exact) mass is 499 g/mol. The number of hydrogen-bond acceptors (Lipinski definition) is 6. The van der Waals surface area contributed by atoms with Gasteiger partial charge in [0.15, 0.2) is 5.78 Å². The van der Waals surface area contributed by atoms with E-state index in [1.54, 1.807) is 0 Å². The first kappa shape index (κ1) is 25.9. The zero-order chi connectivity index (χ0) is 26.3. The van der Waals surface area contributed by atoms with Crippen molar-refractivity contribution in [2.24, 2.45) is 55.9 Å². The largest absolute Gasteiger partial charge is 0.469 e. The summed E-state index contributed by atoms with van der Waals surface area (Å²) in [6, 6.07) is 0. The van der Waals surface area contributed by atoms with Crippen molar-refractivity contribution in [1.29, 1.82) is 0 Å². The number of esters is 1. The molecule has 8 atom stereocenters. The second-order valence-corrected chi connectivity index (χ2v) is 14.3. The molecule has 0 radical (unpaired) electrons. The molecule has 0 heterocycles. The molecule has 0 aliphatic heterocycles. The Kier molecular flexibility index (Phi) is 5.87. The fourth-order valence-corrected chi connectivity index (χ4v) is 10.2. The molecule has 6 heteroatoms. The Hall–Kier alpha value is -1.69. The number of carbonyl (C=O) groups is 2. The molecule has 5 rings (SSSR count). The van der Waals surface area contributed by atoms with Gasteiger partial charge in [-0.3, -0.25) is 9.59 Å². The van der Waals surface area contributed by atoms with E-state index in [0.717, 1.165) is 51.4 Å². The van der Waals surface area contributed by atoms with Gasteiger partial charge in [-0.15, -0.1) is 0 Å². The summed E-state index contributed by atoms with van der Waals surface area (Å²) < 4.78 is 5.41. The van der Waals surface area contributed by atoms with Crippen molar-refractivity contribution in [3.63, 3.8) is 0 Å². The van der Waals surface area contributed by atoms with Gasteiger partial charge in [-0.1, -0.05) is 45.3 Å². The van der Waals surface area contributed by atoms with Crippen LogP contribution in [0, 0.1) is 50.7 Å². The van der Waals surface area contributed by atoms with Crippen molar-refractivity contribution in [2.45, 2.75) is 92.4 Å². The van der Waals surface area contributed by atoms with Gasteiger partial charge in [-0.05, 0) is 97.4 Å². The Bertz CT molecular complexity index is 1030. The van der Waals surface area contributed by atoms with Crippen LogP contribution in [0.5, 0.6) is 0 Å². The predicted octanol–water partition coefficient (Wildman–Crippen LogP) is 5.55. The first-order valence-corrected chi connectivity index (χ1v) is 14.0. The van der Waals surface area contributed by atoms with Crippen LogP contribution < -0.4 is 0 Å². The molecule has 200 valence electrons. The number of hydrogen-bond donors (Lipinski definition) is 2. The number of carbonyl (C=O) groups excluding carboxylic acids is 2.